The minimum absolute atomic E-state index is 0.418. The Morgan fingerprint density at radius 3 is 1.04 bits per heavy atom. The molecule has 5 heterocycles. The molecule has 0 N–H and O–H groups in total. The zero-order valence-electron chi connectivity index (χ0n) is 44.4. The summed E-state index contributed by atoms with van der Waals surface area (Å²) in [4.78, 5) is 0. The highest BCUT2D eigenvalue weighted by Gasteiger charge is 2.21. The molecule has 388 valence electrons. The van der Waals surface area contributed by atoms with Crippen LogP contribution in [0.1, 0.15) is 12.0 Å². The number of fused-ring (bicyclic) bond motifs is 9. The lowest BCUT2D eigenvalue weighted by Gasteiger charge is -2.11. The molecule has 0 amide bonds. The van der Waals surface area contributed by atoms with Crippen molar-refractivity contribution in [3.8, 4) is 79.4 Å². The molecule has 0 fully saturated rings. The second kappa shape index (κ2) is 19.5. The number of aryl methyl sites for hydroxylation is 2. The summed E-state index contributed by atoms with van der Waals surface area (Å²) in [6.45, 7) is 0.769. The minimum atomic E-state index is 0.418. The zero-order chi connectivity index (χ0) is 54.1. The van der Waals surface area contributed by atoms with Crippen LogP contribution in [-0.2, 0) is 13.0 Å². The van der Waals surface area contributed by atoms with Crippen LogP contribution in [-0.4, -0.2) is 34.1 Å². The van der Waals surface area contributed by atoms with Crippen molar-refractivity contribution in [3.05, 3.63) is 266 Å². The average molecular weight is 1060 g/mol. The zero-order valence-corrected chi connectivity index (χ0v) is 44.4. The number of rotatable bonds is 12. The van der Waals surface area contributed by atoms with Crippen molar-refractivity contribution >= 4 is 65.4 Å². The molecule has 0 radical (unpaired) electrons. The standard InChI is InChI=1S/C73H49N7O2/c1-5-19-48(20-6-1)70-74-76-72(81-70)54-40-47(41-55(42-54)73-77-75-71(82-73)49-21-7-2-8-22-49)18-17-39-78-64-35-31-50(52-33-37-68-60(43-52)58-27-13-15-29-66(58)79(68)56-23-9-3-10-24-56)45-62(64)63-46-51(32-36-65(63)78)53-34-38-69-61(44-53)59-28-14-16-30-67(59)80(69)57-25-11-4-12-26-57/h1-16,19-38,40-46H,17-18,39H2. The molecule has 0 aliphatic heterocycles. The van der Waals surface area contributed by atoms with Gasteiger partial charge in [0.2, 0.25) is 23.6 Å². The normalized spacial score (nSPS) is 11.8. The minimum Gasteiger partial charge on any atom is -0.416 e. The lowest BCUT2D eigenvalue weighted by molar-refractivity contribution is 0.582. The molecule has 0 bridgehead atoms. The van der Waals surface area contributed by atoms with Crippen molar-refractivity contribution in [3.63, 3.8) is 0 Å². The Bertz CT molecular complexity index is 4760. The van der Waals surface area contributed by atoms with E-state index in [1.165, 1.54) is 87.7 Å². The number of hydrogen-bond donors (Lipinski definition) is 0. The van der Waals surface area contributed by atoms with Gasteiger partial charge >= 0.3 is 0 Å². The highest BCUT2D eigenvalue weighted by molar-refractivity contribution is 6.14. The molecule has 0 spiro atoms. The number of para-hydroxylation sites is 4. The number of hydrogen-bond acceptors (Lipinski definition) is 6. The molecular formula is C73H49N7O2. The van der Waals surface area contributed by atoms with Crippen LogP contribution in [0, 0.1) is 0 Å². The summed E-state index contributed by atoms with van der Waals surface area (Å²) in [5, 5.41) is 25.3. The van der Waals surface area contributed by atoms with Crippen LogP contribution < -0.4 is 0 Å². The van der Waals surface area contributed by atoms with Crippen LogP contribution in [0.2, 0.25) is 0 Å². The first-order valence-electron chi connectivity index (χ1n) is 27.8. The molecule has 0 saturated heterocycles. The third kappa shape index (κ3) is 8.08. The van der Waals surface area contributed by atoms with Crippen molar-refractivity contribution in [1.82, 2.24) is 34.1 Å². The lowest BCUT2D eigenvalue weighted by atomic mass is 9.98. The number of nitrogens with zero attached hydrogens (tertiary/aromatic N) is 7. The lowest BCUT2D eigenvalue weighted by Crippen LogP contribution is -2.00. The molecule has 82 heavy (non-hydrogen) atoms. The first kappa shape index (κ1) is 47.1. The summed E-state index contributed by atoms with van der Waals surface area (Å²) in [6.07, 6.45) is 1.60. The number of benzene rings is 11. The first-order valence-corrected chi connectivity index (χ1v) is 27.8. The van der Waals surface area contributed by atoms with Crippen LogP contribution in [0.3, 0.4) is 0 Å². The second-order valence-electron chi connectivity index (χ2n) is 21.0. The Morgan fingerprint density at radius 2 is 0.610 bits per heavy atom. The summed E-state index contributed by atoms with van der Waals surface area (Å²) >= 11 is 0. The molecular weight excluding hydrogens is 1010 g/mol. The van der Waals surface area contributed by atoms with Crippen LogP contribution in [0.4, 0.5) is 0 Å². The van der Waals surface area contributed by atoms with E-state index in [0.717, 1.165) is 58.6 Å². The van der Waals surface area contributed by atoms with E-state index < -0.39 is 0 Å². The SMILES string of the molecule is c1ccc(-c2nnc(-c3cc(CCCn4c5ccc(-c6ccc7c(c6)c6ccccc6n7-c6ccccc6)cc5c5cc(-c6ccc7c(c6)c6ccccc6n7-c6ccccc6)ccc54)cc(-c4nnc(-c5ccccc5)o4)c3)o2)cc1. The van der Waals surface area contributed by atoms with E-state index in [1.54, 1.807) is 0 Å². The fourth-order valence-corrected chi connectivity index (χ4v) is 12.3. The van der Waals surface area contributed by atoms with Gasteiger partial charge in [0.15, 0.2) is 0 Å². The van der Waals surface area contributed by atoms with Gasteiger partial charge in [0.1, 0.15) is 0 Å². The molecule has 0 saturated carbocycles. The van der Waals surface area contributed by atoms with Gasteiger partial charge in [0.05, 0.1) is 22.1 Å². The van der Waals surface area contributed by atoms with Gasteiger partial charge < -0.3 is 22.5 Å². The summed E-state index contributed by atoms with van der Waals surface area (Å²) in [5.41, 5.74) is 18.5. The van der Waals surface area contributed by atoms with Crippen molar-refractivity contribution in [2.24, 2.45) is 0 Å². The quantitative estimate of drug-likeness (QED) is 0.121. The highest BCUT2D eigenvalue weighted by Crippen LogP contribution is 2.41. The molecule has 0 aliphatic rings. The maximum Gasteiger partial charge on any atom is 0.248 e. The smallest absolute Gasteiger partial charge is 0.248 e. The van der Waals surface area contributed by atoms with E-state index in [-0.39, 0.29) is 0 Å². The third-order valence-electron chi connectivity index (χ3n) is 16.1. The summed E-state index contributed by atoms with van der Waals surface area (Å²) < 4.78 is 19.9. The van der Waals surface area contributed by atoms with Gasteiger partial charge in [-0.1, -0.05) is 133 Å². The van der Waals surface area contributed by atoms with Crippen LogP contribution >= 0.6 is 0 Å². The van der Waals surface area contributed by atoms with E-state index in [1.807, 2.05) is 66.7 Å². The van der Waals surface area contributed by atoms with Crippen LogP contribution in [0.15, 0.2) is 270 Å². The van der Waals surface area contributed by atoms with E-state index in [0.29, 0.717) is 23.6 Å². The van der Waals surface area contributed by atoms with E-state index >= 15 is 0 Å². The fourth-order valence-electron chi connectivity index (χ4n) is 12.3. The summed E-state index contributed by atoms with van der Waals surface area (Å²) in [7, 11) is 0. The van der Waals surface area contributed by atoms with Crippen molar-refractivity contribution in [2.75, 3.05) is 0 Å². The van der Waals surface area contributed by atoms with Gasteiger partial charge in [-0.3, -0.25) is 0 Å². The average Bonchev–Trinajstić information content (AvgIpc) is 4.56. The van der Waals surface area contributed by atoms with Gasteiger partial charge in [-0.15, -0.1) is 20.4 Å². The molecule has 5 aromatic heterocycles. The molecule has 0 aliphatic carbocycles. The van der Waals surface area contributed by atoms with Crippen LogP contribution in [0.5, 0.6) is 0 Å². The molecule has 9 heteroatoms. The summed E-state index contributed by atoms with van der Waals surface area (Å²) in [5.74, 6) is 1.75. The highest BCUT2D eigenvalue weighted by atomic mass is 16.4. The van der Waals surface area contributed by atoms with Gasteiger partial charge in [-0.2, -0.15) is 0 Å². The Balaban J connectivity index is 0.802. The molecule has 0 unspecified atom stereocenters. The monoisotopic (exact) mass is 1060 g/mol. The molecule has 9 nitrogen and oxygen atoms in total. The predicted molar refractivity (Wildman–Crippen MR) is 331 cm³/mol. The topological polar surface area (TPSA) is 92.6 Å². The maximum atomic E-state index is 6.34. The number of aromatic nitrogens is 7. The maximum absolute atomic E-state index is 6.34. The van der Waals surface area contributed by atoms with Crippen LogP contribution in [0.25, 0.3) is 145 Å². The second-order valence-corrected chi connectivity index (χ2v) is 21.0. The van der Waals surface area contributed by atoms with E-state index in [9.17, 15) is 0 Å². The van der Waals surface area contributed by atoms with Crippen molar-refractivity contribution < 1.29 is 8.83 Å². The Kier molecular flexibility index (Phi) is 11.2. The fraction of sp³-hybridized carbons (Fsp3) is 0.0411. The van der Waals surface area contributed by atoms with Gasteiger partial charge in [0.25, 0.3) is 0 Å². The Morgan fingerprint density at radius 1 is 0.268 bits per heavy atom. The predicted octanol–water partition coefficient (Wildman–Crippen LogP) is 18.4. The summed E-state index contributed by atoms with van der Waals surface area (Å²) in [6, 6.07) is 92.7. The molecule has 16 aromatic rings. The van der Waals surface area contributed by atoms with Gasteiger partial charge in [-0.05, 0) is 168 Å². The van der Waals surface area contributed by atoms with Gasteiger partial charge in [-0.25, -0.2) is 0 Å². The van der Waals surface area contributed by atoms with Crippen molar-refractivity contribution in [1.29, 1.82) is 0 Å². The third-order valence-corrected chi connectivity index (χ3v) is 16.1. The van der Waals surface area contributed by atoms with Gasteiger partial charge in [0, 0.05) is 83.5 Å². The first-order chi connectivity index (χ1) is 40.6. The van der Waals surface area contributed by atoms with E-state index in [4.69, 9.17) is 8.83 Å². The van der Waals surface area contributed by atoms with E-state index in [2.05, 4.69) is 228 Å². The largest absolute Gasteiger partial charge is 0.416 e. The molecule has 16 rings (SSSR count). The Hall–Kier alpha value is -10.9. The molecule has 11 aromatic carbocycles. The Labute approximate surface area is 471 Å². The molecule has 0 atom stereocenters. The van der Waals surface area contributed by atoms with Crippen molar-refractivity contribution in [2.45, 2.75) is 19.4 Å².